The van der Waals surface area contributed by atoms with Crippen LogP contribution in [-0.4, -0.2) is 16.1 Å². The van der Waals surface area contributed by atoms with Crippen molar-refractivity contribution in [3.63, 3.8) is 0 Å². The van der Waals surface area contributed by atoms with Gasteiger partial charge in [0.15, 0.2) is 0 Å². The lowest BCUT2D eigenvalue weighted by Gasteiger charge is -2.24. The van der Waals surface area contributed by atoms with Gasteiger partial charge in [-0.05, 0) is 32.0 Å². The van der Waals surface area contributed by atoms with Gasteiger partial charge in [-0.2, -0.15) is 0 Å². The first-order valence-electron chi connectivity index (χ1n) is 5.44. The highest BCUT2D eigenvalue weighted by molar-refractivity contribution is 5.78. The number of nitrogens with one attached hydrogen (secondary N) is 1. The molecule has 0 aromatic carbocycles. The largest absolute Gasteiger partial charge is 0.324 e. The fourth-order valence-corrected chi connectivity index (χ4v) is 2.37. The maximum atomic E-state index is 4.63. The molecule has 1 N–H and O–H groups in total. The van der Waals surface area contributed by atoms with Crippen LogP contribution in [0, 0.1) is 6.92 Å². The van der Waals surface area contributed by atoms with Gasteiger partial charge in [-0.25, -0.2) is 4.98 Å². The van der Waals surface area contributed by atoms with Gasteiger partial charge in [0, 0.05) is 35.9 Å². The van der Waals surface area contributed by atoms with E-state index in [1.807, 2.05) is 6.92 Å². The molecular formula is C12H15N3. The zero-order valence-electron chi connectivity index (χ0n) is 9.12. The average Bonchev–Trinajstić information content (AvgIpc) is 2.57. The van der Waals surface area contributed by atoms with E-state index >= 15 is 0 Å². The molecule has 3 rings (SSSR count). The van der Waals surface area contributed by atoms with Gasteiger partial charge >= 0.3 is 0 Å². The van der Waals surface area contributed by atoms with E-state index in [2.05, 4.69) is 40.0 Å². The molecule has 0 aliphatic carbocycles. The third-order valence-electron chi connectivity index (χ3n) is 3.09. The third kappa shape index (κ3) is 1.27. The molecule has 0 fully saturated rings. The van der Waals surface area contributed by atoms with Crippen LogP contribution in [0.25, 0.3) is 11.0 Å². The Hall–Kier alpha value is -1.35. The predicted molar refractivity (Wildman–Crippen MR) is 60.9 cm³/mol. The Labute approximate surface area is 89.1 Å². The van der Waals surface area contributed by atoms with Crippen LogP contribution >= 0.6 is 0 Å². The smallest absolute Gasteiger partial charge is 0.140 e. The molecule has 3 heterocycles. The minimum absolute atomic E-state index is 0.501. The standard InChI is InChI=1S/C12H15N3/c1-8-3-4-10-5-11-7-13-6-9(2)15(11)12(10)14-8/h3-5,9,13H,6-7H2,1-2H3. The van der Waals surface area contributed by atoms with E-state index in [-0.39, 0.29) is 0 Å². The first-order chi connectivity index (χ1) is 7.25. The van der Waals surface area contributed by atoms with E-state index < -0.39 is 0 Å². The van der Waals surface area contributed by atoms with Crippen LogP contribution in [0.3, 0.4) is 0 Å². The highest BCUT2D eigenvalue weighted by Gasteiger charge is 2.18. The van der Waals surface area contributed by atoms with Crippen molar-refractivity contribution in [1.29, 1.82) is 0 Å². The van der Waals surface area contributed by atoms with Crippen molar-refractivity contribution < 1.29 is 0 Å². The molecule has 0 saturated heterocycles. The Morgan fingerprint density at radius 1 is 1.47 bits per heavy atom. The summed E-state index contributed by atoms with van der Waals surface area (Å²) in [6, 6.07) is 6.98. The molecule has 0 radical (unpaired) electrons. The summed E-state index contributed by atoms with van der Waals surface area (Å²) in [4.78, 5) is 4.63. The van der Waals surface area contributed by atoms with Crippen molar-refractivity contribution in [3.05, 3.63) is 29.6 Å². The second kappa shape index (κ2) is 3.07. The maximum Gasteiger partial charge on any atom is 0.140 e. The molecule has 0 bridgehead atoms. The summed E-state index contributed by atoms with van der Waals surface area (Å²) in [5.41, 5.74) is 3.58. The van der Waals surface area contributed by atoms with Crippen molar-refractivity contribution in [1.82, 2.24) is 14.9 Å². The minimum Gasteiger partial charge on any atom is -0.324 e. The minimum atomic E-state index is 0.501. The highest BCUT2D eigenvalue weighted by Crippen LogP contribution is 2.25. The predicted octanol–water partition coefficient (Wildman–Crippen LogP) is 2.01. The third-order valence-corrected chi connectivity index (χ3v) is 3.09. The van der Waals surface area contributed by atoms with Gasteiger partial charge in [0.05, 0.1) is 0 Å². The van der Waals surface area contributed by atoms with Crippen LogP contribution in [0.15, 0.2) is 18.2 Å². The quantitative estimate of drug-likeness (QED) is 0.706. The number of nitrogens with zero attached hydrogens (tertiary/aromatic N) is 2. The Morgan fingerprint density at radius 3 is 3.20 bits per heavy atom. The zero-order valence-corrected chi connectivity index (χ0v) is 9.12. The fraction of sp³-hybridized carbons (Fsp3) is 0.417. The number of hydrogen-bond acceptors (Lipinski definition) is 2. The molecule has 0 spiro atoms. The molecule has 2 aromatic rings. The van der Waals surface area contributed by atoms with Gasteiger partial charge in [0.2, 0.25) is 0 Å². The van der Waals surface area contributed by atoms with E-state index in [1.165, 1.54) is 11.1 Å². The lowest BCUT2D eigenvalue weighted by Crippen LogP contribution is -2.31. The van der Waals surface area contributed by atoms with Crippen molar-refractivity contribution in [2.45, 2.75) is 26.4 Å². The topological polar surface area (TPSA) is 29.9 Å². The molecule has 3 nitrogen and oxygen atoms in total. The molecule has 0 saturated carbocycles. The number of aryl methyl sites for hydroxylation is 1. The molecule has 2 aromatic heterocycles. The first-order valence-corrected chi connectivity index (χ1v) is 5.44. The molecule has 3 heteroatoms. The summed E-state index contributed by atoms with van der Waals surface area (Å²) >= 11 is 0. The number of rotatable bonds is 0. The van der Waals surface area contributed by atoms with Crippen LogP contribution in [0.5, 0.6) is 0 Å². The van der Waals surface area contributed by atoms with Crippen molar-refractivity contribution in [3.8, 4) is 0 Å². The average molecular weight is 201 g/mol. The number of aromatic nitrogens is 2. The van der Waals surface area contributed by atoms with Gasteiger partial charge in [-0.3, -0.25) is 0 Å². The lowest BCUT2D eigenvalue weighted by molar-refractivity contribution is 0.437. The molecule has 1 aliphatic heterocycles. The highest BCUT2D eigenvalue weighted by atomic mass is 15.1. The monoisotopic (exact) mass is 201 g/mol. The lowest BCUT2D eigenvalue weighted by atomic mass is 10.2. The summed E-state index contributed by atoms with van der Waals surface area (Å²) < 4.78 is 2.36. The molecule has 1 atom stereocenters. The van der Waals surface area contributed by atoms with Gasteiger partial charge in [-0.1, -0.05) is 0 Å². The van der Waals surface area contributed by atoms with Crippen LogP contribution in [-0.2, 0) is 6.54 Å². The van der Waals surface area contributed by atoms with Gasteiger partial charge in [0.25, 0.3) is 0 Å². The Morgan fingerprint density at radius 2 is 2.33 bits per heavy atom. The van der Waals surface area contributed by atoms with Gasteiger partial charge in [0.1, 0.15) is 5.65 Å². The Kier molecular flexibility index (Phi) is 1.83. The number of hydrogen-bond donors (Lipinski definition) is 1. The molecule has 1 unspecified atom stereocenters. The molecule has 78 valence electrons. The summed E-state index contributed by atoms with van der Waals surface area (Å²) in [6.07, 6.45) is 0. The van der Waals surface area contributed by atoms with Gasteiger partial charge < -0.3 is 9.88 Å². The van der Waals surface area contributed by atoms with E-state index in [9.17, 15) is 0 Å². The summed E-state index contributed by atoms with van der Waals surface area (Å²) in [5, 5.41) is 4.67. The SMILES string of the molecule is Cc1ccc2cc3n(c2n1)C(C)CNC3. The molecular weight excluding hydrogens is 186 g/mol. The number of pyridine rings is 1. The fourth-order valence-electron chi connectivity index (χ4n) is 2.37. The summed E-state index contributed by atoms with van der Waals surface area (Å²) in [5.74, 6) is 0. The summed E-state index contributed by atoms with van der Waals surface area (Å²) in [6.45, 7) is 6.27. The van der Waals surface area contributed by atoms with Crippen molar-refractivity contribution in [2.24, 2.45) is 0 Å². The van der Waals surface area contributed by atoms with Crippen LogP contribution in [0.2, 0.25) is 0 Å². The van der Waals surface area contributed by atoms with Crippen LogP contribution in [0.4, 0.5) is 0 Å². The second-order valence-corrected chi connectivity index (χ2v) is 4.35. The number of fused-ring (bicyclic) bond motifs is 3. The Balaban J connectivity index is 2.33. The van der Waals surface area contributed by atoms with Crippen molar-refractivity contribution in [2.75, 3.05) is 6.54 Å². The first kappa shape index (κ1) is 8.92. The maximum absolute atomic E-state index is 4.63. The van der Waals surface area contributed by atoms with E-state index in [0.717, 1.165) is 24.4 Å². The summed E-state index contributed by atoms with van der Waals surface area (Å²) in [7, 11) is 0. The Bertz CT molecular complexity index is 513. The van der Waals surface area contributed by atoms with E-state index in [4.69, 9.17) is 0 Å². The van der Waals surface area contributed by atoms with Gasteiger partial charge in [-0.15, -0.1) is 0 Å². The molecule has 15 heavy (non-hydrogen) atoms. The van der Waals surface area contributed by atoms with E-state index in [0.29, 0.717) is 6.04 Å². The van der Waals surface area contributed by atoms with Crippen LogP contribution < -0.4 is 5.32 Å². The van der Waals surface area contributed by atoms with Crippen LogP contribution in [0.1, 0.15) is 24.4 Å². The molecule has 1 aliphatic rings. The van der Waals surface area contributed by atoms with Crippen molar-refractivity contribution >= 4 is 11.0 Å². The second-order valence-electron chi connectivity index (χ2n) is 4.35. The molecule has 0 amide bonds. The van der Waals surface area contributed by atoms with E-state index in [1.54, 1.807) is 0 Å². The zero-order chi connectivity index (χ0) is 10.4. The normalized spacial score (nSPS) is 20.5.